The van der Waals surface area contributed by atoms with E-state index in [-0.39, 0.29) is 5.82 Å². The van der Waals surface area contributed by atoms with Crippen molar-refractivity contribution < 1.29 is 9.13 Å². The highest BCUT2D eigenvalue weighted by Crippen LogP contribution is 2.26. The van der Waals surface area contributed by atoms with Crippen LogP contribution in [0, 0.1) is 31.0 Å². The predicted octanol–water partition coefficient (Wildman–Crippen LogP) is 5.18. The number of hydrogen-bond acceptors (Lipinski definition) is 3. The molecule has 0 radical (unpaired) electrons. The van der Waals surface area contributed by atoms with Gasteiger partial charge in [-0.1, -0.05) is 6.07 Å². The maximum absolute atomic E-state index is 13.7. The molecule has 1 N–H and O–H groups in total. The highest BCUT2D eigenvalue weighted by molar-refractivity contribution is 5.91. The van der Waals surface area contributed by atoms with Crippen LogP contribution in [-0.2, 0) is 0 Å². The molecule has 4 aromatic rings. The van der Waals surface area contributed by atoms with Crippen molar-refractivity contribution in [1.29, 1.82) is 5.26 Å². The number of aryl methyl sites for hydroxylation is 1. The molecule has 2 aromatic carbocycles. The van der Waals surface area contributed by atoms with Gasteiger partial charge in [-0.05, 0) is 61.9 Å². The second-order valence-electron chi connectivity index (χ2n) is 6.78. The molecule has 0 spiro atoms. The van der Waals surface area contributed by atoms with Gasteiger partial charge in [0.05, 0.1) is 23.7 Å². The minimum Gasteiger partial charge on any atom is -0.497 e. The third-order valence-electron chi connectivity index (χ3n) is 4.90. The number of methoxy groups -OCH3 is 1. The minimum absolute atomic E-state index is 0.289. The fraction of sp³-hybridized carbons (Fsp3) is 0.130. The van der Waals surface area contributed by atoms with Crippen molar-refractivity contribution in [2.45, 2.75) is 13.8 Å². The largest absolute Gasteiger partial charge is 0.497 e. The molecule has 144 valence electrons. The number of nitrogens with zero attached hydrogens (tertiary/aromatic N) is 3. The third kappa shape index (κ3) is 3.39. The van der Waals surface area contributed by atoms with Gasteiger partial charge >= 0.3 is 0 Å². The number of H-pyrrole nitrogens is 1. The van der Waals surface area contributed by atoms with E-state index in [0.717, 1.165) is 33.7 Å². The number of halogens is 1. The topological polar surface area (TPSA) is 66.6 Å². The Bertz CT molecular complexity index is 1290. The van der Waals surface area contributed by atoms with E-state index < -0.39 is 0 Å². The smallest absolute Gasteiger partial charge is 0.149 e. The number of ether oxygens (including phenoxy) is 1. The van der Waals surface area contributed by atoms with Crippen molar-refractivity contribution in [3.63, 3.8) is 0 Å². The van der Waals surface area contributed by atoms with Crippen molar-refractivity contribution in [1.82, 2.24) is 14.5 Å². The number of aromatic nitrogens is 3. The molecule has 0 saturated heterocycles. The van der Waals surface area contributed by atoms with Crippen molar-refractivity contribution in [3.8, 4) is 17.5 Å². The number of nitrogens with one attached hydrogen (secondary N) is 1. The first-order chi connectivity index (χ1) is 14.0. The standard InChI is InChI=1S/C23H19FN4O/c1-14-9-16(15(2)28(14)19-6-4-5-18(24)11-19)10-17(13-25)23-26-21-8-7-20(29-3)12-22(21)27-23/h4-12H,1-3H3,(H,26,27)/b17-10-. The van der Waals surface area contributed by atoms with Crippen molar-refractivity contribution in [3.05, 3.63) is 77.1 Å². The fourth-order valence-corrected chi connectivity index (χ4v) is 3.50. The summed E-state index contributed by atoms with van der Waals surface area (Å²) in [5, 5.41) is 9.73. The number of hydrogen-bond donors (Lipinski definition) is 1. The zero-order chi connectivity index (χ0) is 20.5. The summed E-state index contributed by atoms with van der Waals surface area (Å²) in [5.74, 6) is 0.919. The van der Waals surface area contributed by atoms with Crippen LogP contribution in [0.5, 0.6) is 5.75 Å². The van der Waals surface area contributed by atoms with Gasteiger partial charge in [0.1, 0.15) is 23.5 Å². The fourth-order valence-electron chi connectivity index (χ4n) is 3.50. The Balaban J connectivity index is 1.78. The van der Waals surface area contributed by atoms with Crippen LogP contribution >= 0.6 is 0 Å². The van der Waals surface area contributed by atoms with Crippen LogP contribution in [0.25, 0.3) is 28.4 Å². The first-order valence-electron chi connectivity index (χ1n) is 9.11. The molecule has 0 aliphatic carbocycles. The number of rotatable bonds is 4. The van der Waals surface area contributed by atoms with Gasteiger partial charge in [0.25, 0.3) is 0 Å². The normalized spacial score (nSPS) is 11.6. The van der Waals surface area contributed by atoms with Crippen LogP contribution in [0.15, 0.2) is 48.5 Å². The molecule has 0 atom stereocenters. The Hall–Kier alpha value is -3.85. The second-order valence-corrected chi connectivity index (χ2v) is 6.78. The Labute approximate surface area is 167 Å². The van der Waals surface area contributed by atoms with E-state index in [2.05, 4.69) is 16.0 Å². The molecular weight excluding hydrogens is 367 g/mol. The van der Waals surface area contributed by atoms with Gasteiger partial charge in [0.15, 0.2) is 0 Å². The van der Waals surface area contributed by atoms with Crippen LogP contribution in [0.1, 0.15) is 22.8 Å². The van der Waals surface area contributed by atoms with E-state index in [1.54, 1.807) is 19.3 Å². The van der Waals surface area contributed by atoms with E-state index in [9.17, 15) is 9.65 Å². The minimum atomic E-state index is -0.289. The summed E-state index contributed by atoms with van der Waals surface area (Å²) in [7, 11) is 1.60. The van der Waals surface area contributed by atoms with Crippen LogP contribution in [0.2, 0.25) is 0 Å². The van der Waals surface area contributed by atoms with E-state index in [4.69, 9.17) is 4.74 Å². The number of benzene rings is 2. The highest BCUT2D eigenvalue weighted by Gasteiger charge is 2.13. The van der Waals surface area contributed by atoms with Crippen LogP contribution in [0.4, 0.5) is 4.39 Å². The third-order valence-corrected chi connectivity index (χ3v) is 4.90. The lowest BCUT2D eigenvalue weighted by Crippen LogP contribution is -1.99. The lowest BCUT2D eigenvalue weighted by atomic mass is 10.1. The Morgan fingerprint density at radius 1 is 1.21 bits per heavy atom. The molecule has 0 aliphatic heterocycles. The Morgan fingerprint density at radius 2 is 2.03 bits per heavy atom. The van der Waals surface area contributed by atoms with E-state index >= 15 is 0 Å². The average molecular weight is 386 g/mol. The average Bonchev–Trinajstić information content (AvgIpc) is 3.25. The number of imidazole rings is 1. The molecule has 2 aromatic heterocycles. The summed E-state index contributed by atoms with van der Waals surface area (Å²) in [6.07, 6.45) is 1.80. The summed E-state index contributed by atoms with van der Waals surface area (Å²) in [6, 6.07) is 16.2. The summed E-state index contributed by atoms with van der Waals surface area (Å²) in [5.41, 5.74) is 5.46. The molecule has 0 amide bonds. The number of aromatic amines is 1. The van der Waals surface area contributed by atoms with Gasteiger partial charge in [-0.2, -0.15) is 5.26 Å². The summed E-state index contributed by atoms with van der Waals surface area (Å²) in [4.78, 5) is 7.71. The van der Waals surface area contributed by atoms with Gasteiger partial charge in [-0.15, -0.1) is 0 Å². The van der Waals surface area contributed by atoms with Gasteiger partial charge < -0.3 is 14.3 Å². The van der Waals surface area contributed by atoms with Crippen LogP contribution in [-0.4, -0.2) is 21.6 Å². The van der Waals surface area contributed by atoms with Crippen molar-refractivity contribution >= 4 is 22.7 Å². The maximum Gasteiger partial charge on any atom is 0.149 e. The molecule has 6 heteroatoms. The molecule has 29 heavy (non-hydrogen) atoms. The zero-order valence-electron chi connectivity index (χ0n) is 16.3. The quantitative estimate of drug-likeness (QED) is 0.491. The summed E-state index contributed by atoms with van der Waals surface area (Å²) >= 11 is 0. The summed E-state index contributed by atoms with van der Waals surface area (Å²) in [6.45, 7) is 3.90. The lowest BCUT2D eigenvalue weighted by Gasteiger charge is -2.09. The molecular formula is C23H19FN4O. The van der Waals surface area contributed by atoms with E-state index in [1.807, 2.05) is 48.7 Å². The van der Waals surface area contributed by atoms with E-state index in [1.165, 1.54) is 12.1 Å². The first kappa shape index (κ1) is 18.5. The number of nitriles is 1. The Kier molecular flexibility index (Phi) is 4.65. The maximum atomic E-state index is 13.7. The monoisotopic (exact) mass is 386 g/mol. The van der Waals surface area contributed by atoms with Crippen LogP contribution < -0.4 is 4.74 Å². The molecule has 2 heterocycles. The van der Waals surface area contributed by atoms with Gasteiger partial charge in [0, 0.05) is 23.1 Å². The van der Waals surface area contributed by atoms with Crippen molar-refractivity contribution in [2.24, 2.45) is 0 Å². The van der Waals surface area contributed by atoms with Gasteiger partial charge in [-0.3, -0.25) is 0 Å². The number of fused-ring (bicyclic) bond motifs is 1. The molecule has 4 rings (SSSR count). The molecule has 0 saturated carbocycles. The molecule has 0 aliphatic rings. The molecule has 5 nitrogen and oxygen atoms in total. The van der Waals surface area contributed by atoms with E-state index in [0.29, 0.717) is 17.1 Å². The number of allylic oxidation sites excluding steroid dienone is 1. The first-order valence-corrected chi connectivity index (χ1v) is 9.11. The highest BCUT2D eigenvalue weighted by atomic mass is 19.1. The van der Waals surface area contributed by atoms with Crippen LogP contribution in [0.3, 0.4) is 0 Å². The molecule has 0 fully saturated rings. The lowest BCUT2D eigenvalue weighted by molar-refractivity contribution is 0.415. The predicted molar refractivity (Wildman–Crippen MR) is 111 cm³/mol. The molecule has 0 unspecified atom stereocenters. The zero-order valence-corrected chi connectivity index (χ0v) is 16.3. The second kappa shape index (κ2) is 7.28. The van der Waals surface area contributed by atoms with Gasteiger partial charge in [0.2, 0.25) is 0 Å². The summed E-state index contributed by atoms with van der Waals surface area (Å²) < 4.78 is 20.9. The Morgan fingerprint density at radius 3 is 2.76 bits per heavy atom. The van der Waals surface area contributed by atoms with Crippen molar-refractivity contribution in [2.75, 3.05) is 7.11 Å². The molecule has 0 bridgehead atoms. The van der Waals surface area contributed by atoms with Gasteiger partial charge in [-0.25, -0.2) is 9.37 Å². The SMILES string of the molecule is COc1ccc2nc(/C(C#N)=C\c3cc(C)n(-c4cccc(F)c4)c3C)[nH]c2c1.